The maximum atomic E-state index is 10.2. The van der Waals surface area contributed by atoms with Crippen LogP contribution in [0.1, 0.15) is 20.7 Å². The fraction of sp³-hybridized carbons (Fsp3) is 0. The van der Waals surface area contributed by atoms with E-state index >= 15 is 0 Å². The minimum absolute atomic E-state index is 0. The molecule has 0 saturated carbocycles. The van der Waals surface area contributed by atoms with Crippen molar-refractivity contribution in [1.29, 1.82) is 0 Å². The van der Waals surface area contributed by atoms with Gasteiger partial charge in [-0.15, -0.1) is 0 Å². The van der Waals surface area contributed by atoms with Crippen LogP contribution in [0.15, 0.2) is 155 Å². The predicted octanol–water partition coefficient (Wildman–Crippen LogP) is 4.62. The Balaban J connectivity index is 0.000000343. The van der Waals surface area contributed by atoms with E-state index in [4.69, 9.17) is 0 Å². The molecule has 0 unspecified atom stereocenters. The zero-order valence-corrected chi connectivity index (χ0v) is 31.3. The number of rotatable bonds is 2. The maximum absolute atomic E-state index is 10.2. The van der Waals surface area contributed by atoms with Gasteiger partial charge >= 0.3 is 17.1 Å². The second-order valence-corrected chi connectivity index (χ2v) is 11.9. The number of aromatic nitrogens is 4. The molecule has 0 aliphatic heterocycles. The van der Waals surface area contributed by atoms with Gasteiger partial charge in [-0.1, -0.05) is 105 Å². The third-order valence-corrected chi connectivity index (χ3v) is 7.91. The summed E-state index contributed by atoms with van der Waals surface area (Å²) >= 11 is 6.36. The number of fused-ring (bicyclic) bond motifs is 6. The SMILES string of the molecule is O.O.O=C([O-])c1ccc(Br)cc1.O=C([O-])c1ccc(Br)cc1.[Mn+2].[OH3+].c1cnc2c(c1)ccc1cccnc12.c1cnc2c(c1)ccc1cccnc12. The molecule has 0 saturated heterocycles. The number of nitrogens with zero attached hydrogens (tertiary/aromatic N) is 4. The van der Waals surface area contributed by atoms with Crippen molar-refractivity contribution in [2.75, 3.05) is 0 Å². The van der Waals surface area contributed by atoms with Crippen LogP contribution in [0.5, 0.6) is 0 Å². The Morgan fingerprint density at radius 2 is 0.654 bits per heavy atom. The molecule has 265 valence electrons. The molecule has 4 heterocycles. The molecule has 8 aromatic rings. The van der Waals surface area contributed by atoms with E-state index in [0.29, 0.717) is 0 Å². The standard InChI is InChI=1S/2C12H8N2.2C7H5BrO2.Mn.3H2O/c2*1-3-9-5-6-10-4-2-8-14-12(10)11(9)13-7-1;2*8-6-3-1-5(2-4-6)7(9)10;;;;/h2*1-8H;2*1-4H,(H,9,10);;3*1H2/q;;;;+2;;;/p-1. The van der Waals surface area contributed by atoms with E-state index in [9.17, 15) is 19.8 Å². The van der Waals surface area contributed by atoms with E-state index in [1.54, 1.807) is 49.1 Å². The Morgan fingerprint density at radius 3 is 0.865 bits per heavy atom. The molecule has 0 atom stereocenters. The van der Waals surface area contributed by atoms with Crippen LogP contribution in [-0.4, -0.2) is 42.8 Å². The van der Waals surface area contributed by atoms with E-state index < -0.39 is 11.9 Å². The van der Waals surface area contributed by atoms with Crippen LogP contribution in [0, 0.1) is 0 Å². The fourth-order valence-corrected chi connectivity index (χ4v) is 5.06. The van der Waals surface area contributed by atoms with Gasteiger partial charge in [-0.3, -0.25) is 19.9 Å². The number of aromatic carboxylic acids is 2. The molecule has 0 spiro atoms. The van der Waals surface area contributed by atoms with Crippen LogP contribution in [0.2, 0.25) is 0 Å². The minimum atomic E-state index is -1.15. The van der Waals surface area contributed by atoms with Crippen molar-refractivity contribution in [3.63, 3.8) is 0 Å². The summed E-state index contributed by atoms with van der Waals surface area (Å²) in [5, 5.41) is 24.9. The van der Waals surface area contributed by atoms with Gasteiger partial charge in [-0.05, 0) is 59.7 Å². The normalized spacial score (nSPS) is 9.42. The molecule has 0 aliphatic rings. The van der Waals surface area contributed by atoms with E-state index in [2.05, 4.69) is 100 Å². The Labute approximate surface area is 325 Å². The second-order valence-electron chi connectivity index (χ2n) is 10.0. The first-order chi connectivity index (χ1) is 23.3. The average molecular weight is 870 g/mol. The molecule has 11 nitrogen and oxygen atoms in total. The molecule has 4 aromatic carbocycles. The molecule has 0 aliphatic carbocycles. The van der Waals surface area contributed by atoms with Gasteiger partial charge in [-0.25, -0.2) is 0 Å². The van der Waals surface area contributed by atoms with Gasteiger partial charge in [0.25, 0.3) is 0 Å². The van der Waals surface area contributed by atoms with Gasteiger partial charge < -0.3 is 36.2 Å². The number of halogens is 2. The van der Waals surface area contributed by atoms with Crippen molar-refractivity contribution in [3.8, 4) is 0 Å². The third-order valence-electron chi connectivity index (χ3n) is 6.85. The van der Waals surface area contributed by atoms with Gasteiger partial charge in [0.05, 0.1) is 34.0 Å². The Hall–Kier alpha value is -5.18. The van der Waals surface area contributed by atoms with Crippen molar-refractivity contribution < 1.29 is 53.3 Å². The monoisotopic (exact) mass is 868 g/mol. The first-order valence-corrected chi connectivity index (χ1v) is 16.0. The first-order valence-electron chi connectivity index (χ1n) is 14.4. The smallest absolute Gasteiger partial charge is 0.545 e. The van der Waals surface area contributed by atoms with Crippen molar-refractivity contribution >= 4 is 87.4 Å². The molecule has 0 fully saturated rings. The summed E-state index contributed by atoms with van der Waals surface area (Å²) in [5.74, 6) is -2.29. The van der Waals surface area contributed by atoms with Crippen molar-refractivity contribution in [2.45, 2.75) is 0 Å². The minimum Gasteiger partial charge on any atom is -0.545 e. The van der Waals surface area contributed by atoms with Crippen LogP contribution in [-0.2, 0) is 22.5 Å². The third kappa shape index (κ3) is 12.0. The molecular formula is C38H31Br2MnN4O7+. The summed E-state index contributed by atoms with van der Waals surface area (Å²) in [6.45, 7) is 0. The zero-order chi connectivity index (χ0) is 33.9. The van der Waals surface area contributed by atoms with Gasteiger partial charge in [0.15, 0.2) is 0 Å². The Bertz CT molecular complexity index is 2080. The quantitative estimate of drug-likeness (QED) is 0.135. The van der Waals surface area contributed by atoms with Crippen molar-refractivity contribution in [3.05, 3.63) is 166 Å². The summed E-state index contributed by atoms with van der Waals surface area (Å²) in [6.07, 6.45) is 7.21. The number of hydrogen-bond donors (Lipinski definition) is 0. The molecule has 52 heavy (non-hydrogen) atoms. The molecule has 7 N–H and O–H groups in total. The summed E-state index contributed by atoms with van der Waals surface area (Å²) < 4.78 is 1.72. The van der Waals surface area contributed by atoms with Crippen molar-refractivity contribution in [1.82, 2.24) is 19.9 Å². The number of hydrogen-bond acceptors (Lipinski definition) is 8. The number of carboxylic acids is 2. The zero-order valence-electron chi connectivity index (χ0n) is 27.0. The Morgan fingerprint density at radius 1 is 0.423 bits per heavy atom. The first kappa shape index (κ1) is 44.8. The van der Waals surface area contributed by atoms with E-state index in [1.807, 2.05) is 24.3 Å². The average Bonchev–Trinajstić information content (AvgIpc) is 3.13. The second kappa shape index (κ2) is 21.9. The fourth-order valence-electron chi connectivity index (χ4n) is 4.53. The van der Waals surface area contributed by atoms with Gasteiger partial charge in [-0.2, -0.15) is 0 Å². The largest absolute Gasteiger partial charge is 2.00 e. The van der Waals surface area contributed by atoms with Crippen LogP contribution in [0.25, 0.3) is 43.6 Å². The van der Waals surface area contributed by atoms with Crippen molar-refractivity contribution in [2.24, 2.45) is 0 Å². The van der Waals surface area contributed by atoms with Crippen LogP contribution < -0.4 is 10.2 Å². The van der Waals surface area contributed by atoms with Crippen LogP contribution in [0.3, 0.4) is 0 Å². The number of carbonyl (C=O) groups excluding carboxylic acids is 2. The van der Waals surface area contributed by atoms with Gasteiger partial charge in [0.2, 0.25) is 0 Å². The predicted molar refractivity (Wildman–Crippen MR) is 203 cm³/mol. The molecule has 0 amide bonds. The number of pyridine rings is 4. The molecular weight excluding hydrogens is 839 g/mol. The van der Waals surface area contributed by atoms with E-state index in [0.717, 1.165) is 52.6 Å². The van der Waals surface area contributed by atoms with E-state index in [1.165, 1.54) is 24.3 Å². The molecule has 0 bridgehead atoms. The molecule has 8 rings (SSSR count). The molecule has 4 aromatic heterocycles. The maximum Gasteiger partial charge on any atom is 2.00 e. The summed E-state index contributed by atoms with van der Waals surface area (Å²) in [7, 11) is 0. The van der Waals surface area contributed by atoms with Crippen LogP contribution >= 0.6 is 31.9 Å². The topological polar surface area (TPSA) is 228 Å². The molecule has 1 radical (unpaired) electrons. The van der Waals surface area contributed by atoms with Gasteiger partial charge in [0, 0.05) is 55.3 Å². The summed E-state index contributed by atoms with van der Waals surface area (Å²) in [6, 6.07) is 36.9. The van der Waals surface area contributed by atoms with E-state index in [-0.39, 0.29) is 44.6 Å². The number of carboxylic acid groups (broad SMARTS) is 2. The Kier molecular flexibility index (Phi) is 18.9. The summed E-state index contributed by atoms with van der Waals surface area (Å²) in [5.41, 5.74) is 4.30. The van der Waals surface area contributed by atoms with Gasteiger partial charge in [0.1, 0.15) is 0 Å². The summed E-state index contributed by atoms with van der Waals surface area (Å²) in [4.78, 5) is 37.8. The van der Waals surface area contributed by atoms with Crippen LogP contribution in [0.4, 0.5) is 0 Å². The molecule has 14 heteroatoms. The number of carbonyl (C=O) groups is 2. The number of benzene rings is 4.